The van der Waals surface area contributed by atoms with Crippen LogP contribution in [0.25, 0.3) is 10.9 Å². The molecule has 3 rings (SSSR count). The van der Waals surface area contributed by atoms with Gasteiger partial charge < -0.3 is 9.64 Å². The van der Waals surface area contributed by atoms with E-state index in [4.69, 9.17) is 4.74 Å². The number of hydrogen-bond acceptors (Lipinski definition) is 6. The Bertz CT molecular complexity index is 886. The van der Waals surface area contributed by atoms with Gasteiger partial charge in [0.25, 0.3) is 0 Å². The van der Waals surface area contributed by atoms with Crippen molar-refractivity contribution >= 4 is 38.4 Å². The summed E-state index contributed by atoms with van der Waals surface area (Å²) in [6, 6.07) is 11.5. The van der Waals surface area contributed by atoms with Gasteiger partial charge in [0.05, 0.1) is 34.4 Å². The predicted octanol–water partition coefficient (Wildman–Crippen LogP) is 1.99. The molecule has 2 aromatic rings. The molecule has 1 fully saturated rings. The van der Waals surface area contributed by atoms with Gasteiger partial charge in [-0.2, -0.15) is 0 Å². The summed E-state index contributed by atoms with van der Waals surface area (Å²) in [6.45, 7) is 0.794. The van der Waals surface area contributed by atoms with Crippen molar-refractivity contribution in [3.8, 4) is 0 Å². The van der Waals surface area contributed by atoms with Crippen molar-refractivity contribution in [2.45, 2.75) is 17.5 Å². The van der Waals surface area contributed by atoms with E-state index in [1.807, 2.05) is 36.4 Å². The standard InChI is InChI=1S/C18H22N2O4S2/c1-24-10-9-20(15-8-11-26(22,23)13-15)18(21)12-25-17-7-6-14-4-2-3-5-16(14)19-17/h2-7,15H,8-13H2,1H3/t15-/m1/s1. The quantitative estimate of drug-likeness (QED) is 0.669. The summed E-state index contributed by atoms with van der Waals surface area (Å²) in [5, 5.41) is 1.84. The normalized spacial score (nSPS) is 18.9. The molecule has 0 N–H and O–H groups in total. The molecule has 1 saturated heterocycles. The average molecular weight is 395 g/mol. The summed E-state index contributed by atoms with van der Waals surface area (Å²) in [5.74, 6) is 0.338. The molecule has 0 radical (unpaired) electrons. The second-order valence-corrected chi connectivity index (χ2v) is 9.49. The summed E-state index contributed by atoms with van der Waals surface area (Å²) in [4.78, 5) is 18.9. The van der Waals surface area contributed by atoms with Gasteiger partial charge in [-0.25, -0.2) is 13.4 Å². The second kappa shape index (κ2) is 8.37. The lowest BCUT2D eigenvalue weighted by atomic mass is 10.2. The van der Waals surface area contributed by atoms with Gasteiger partial charge in [-0.3, -0.25) is 4.79 Å². The second-order valence-electron chi connectivity index (χ2n) is 6.27. The number of sulfone groups is 1. The van der Waals surface area contributed by atoms with E-state index in [1.54, 1.807) is 12.0 Å². The highest BCUT2D eigenvalue weighted by Crippen LogP contribution is 2.23. The van der Waals surface area contributed by atoms with Gasteiger partial charge >= 0.3 is 0 Å². The maximum absolute atomic E-state index is 12.7. The van der Waals surface area contributed by atoms with Crippen LogP contribution in [0.5, 0.6) is 0 Å². The molecular weight excluding hydrogens is 372 g/mol. The maximum Gasteiger partial charge on any atom is 0.233 e. The van der Waals surface area contributed by atoms with Crippen LogP contribution in [-0.2, 0) is 19.4 Å². The molecule has 0 saturated carbocycles. The Balaban J connectivity index is 1.66. The van der Waals surface area contributed by atoms with Crippen LogP contribution in [0.1, 0.15) is 6.42 Å². The molecule has 140 valence electrons. The first-order valence-electron chi connectivity index (χ1n) is 8.46. The number of pyridine rings is 1. The smallest absolute Gasteiger partial charge is 0.233 e. The number of ether oxygens (including phenoxy) is 1. The highest BCUT2D eigenvalue weighted by Gasteiger charge is 2.34. The molecule has 1 aliphatic rings. The molecule has 1 aromatic carbocycles. The first kappa shape index (κ1) is 19.1. The van der Waals surface area contributed by atoms with Crippen molar-refractivity contribution < 1.29 is 17.9 Å². The van der Waals surface area contributed by atoms with Gasteiger partial charge in [0.1, 0.15) is 0 Å². The van der Waals surface area contributed by atoms with Crippen LogP contribution >= 0.6 is 11.8 Å². The SMILES string of the molecule is COCCN(C(=O)CSc1ccc2ccccc2n1)[C@@H]1CCS(=O)(=O)C1. The number of amides is 1. The molecule has 1 aromatic heterocycles. The number of methoxy groups -OCH3 is 1. The Labute approximate surface area is 157 Å². The molecule has 0 spiro atoms. The van der Waals surface area contributed by atoms with Crippen LogP contribution in [-0.4, -0.2) is 67.8 Å². The Morgan fingerprint density at radius 2 is 2.12 bits per heavy atom. The summed E-state index contributed by atoms with van der Waals surface area (Å²) in [6.07, 6.45) is 0.497. The molecule has 0 aliphatic carbocycles. The van der Waals surface area contributed by atoms with E-state index in [1.165, 1.54) is 11.8 Å². The topological polar surface area (TPSA) is 76.6 Å². The molecule has 0 bridgehead atoms. The Kier molecular flexibility index (Phi) is 6.16. The number of benzene rings is 1. The number of hydrogen-bond donors (Lipinski definition) is 0. The molecule has 1 atom stereocenters. The third-order valence-electron chi connectivity index (χ3n) is 4.42. The van der Waals surface area contributed by atoms with Crippen molar-refractivity contribution in [2.24, 2.45) is 0 Å². The van der Waals surface area contributed by atoms with E-state index in [0.29, 0.717) is 19.6 Å². The van der Waals surface area contributed by atoms with Crippen LogP contribution in [0, 0.1) is 0 Å². The summed E-state index contributed by atoms with van der Waals surface area (Å²) < 4.78 is 28.6. The summed E-state index contributed by atoms with van der Waals surface area (Å²) in [7, 11) is -1.47. The van der Waals surface area contributed by atoms with E-state index < -0.39 is 9.84 Å². The third kappa shape index (κ3) is 4.75. The van der Waals surface area contributed by atoms with Gasteiger partial charge in [-0.15, -0.1) is 0 Å². The fourth-order valence-electron chi connectivity index (χ4n) is 3.07. The van der Waals surface area contributed by atoms with E-state index in [2.05, 4.69) is 4.98 Å². The highest BCUT2D eigenvalue weighted by atomic mass is 32.2. The summed E-state index contributed by atoms with van der Waals surface area (Å²) in [5.41, 5.74) is 0.892. The van der Waals surface area contributed by atoms with Crippen molar-refractivity contribution in [3.63, 3.8) is 0 Å². The van der Waals surface area contributed by atoms with Crippen LogP contribution in [0.15, 0.2) is 41.4 Å². The zero-order valence-corrected chi connectivity index (χ0v) is 16.3. The van der Waals surface area contributed by atoms with Crippen LogP contribution in [0.2, 0.25) is 0 Å². The molecule has 1 aliphatic heterocycles. The number of aromatic nitrogens is 1. The van der Waals surface area contributed by atoms with E-state index in [-0.39, 0.29) is 29.2 Å². The van der Waals surface area contributed by atoms with E-state index >= 15 is 0 Å². The number of rotatable bonds is 7. The largest absolute Gasteiger partial charge is 0.383 e. The lowest BCUT2D eigenvalue weighted by molar-refractivity contribution is -0.130. The van der Waals surface area contributed by atoms with Gasteiger partial charge in [0.15, 0.2) is 9.84 Å². The van der Waals surface area contributed by atoms with Crippen LogP contribution < -0.4 is 0 Å². The minimum Gasteiger partial charge on any atom is -0.383 e. The Morgan fingerprint density at radius 1 is 1.31 bits per heavy atom. The van der Waals surface area contributed by atoms with E-state index in [9.17, 15) is 13.2 Å². The van der Waals surface area contributed by atoms with Gasteiger partial charge in [-0.1, -0.05) is 36.0 Å². The third-order valence-corrected chi connectivity index (χ3v) is 7.09. The van der Waals surface area contributed by atoms with E-state index in [0.717, 1.165) is 15.9 Å². The molecule has 0 unspecified atom stereocenters. The number of thioether (sulfide) groups is 1. The van der Waals surface area contributed by atoms with Crippen molar-refractivity contribution in [1.82, 2.24) is 9.88 Å². The number of carbonyl (C=O) groups is 1. The van der Waals surface area contributed by atoms with Gasteiger partial charge in [0, 0.05) is 25.1 Å². The molecular formula is C18H22N2O4S2. The minimum atomic E-state index is -3.04. The lowest BCUT2D eigenvalue weighted by Crippen LogP contribution is -2.44. The number of nitrogens with zero attached hydrogens (tertiary/aromatic N) is 2. The number of fused-ring (bicyclic) bond motifs is 1. The molecule has 26 heavy (non-hydrogen) atoms. The maximum atomic E-state index is 12.7. The molecule has 1 amide bonds. The Morgan fingerprint density at radius 3 is 2.85 bits per heavy atom. The fraction of sp³-hybridized carbons (Fsp3) is 0.444. The first-order chi connectivity index (χ1) is 12.5. The predicted molar refractivity (Wildman–Crippen MR) is 103 cm³/mol. The van der Waals surface area contributed by atoms with Gasteiger partial charge in [-0.05, 0) is 18.6 Å². The first-order valence-corrected chi connectivity index (χ1v) is 11.3. The fourth-order valence-corrected chi connectivity index (χ4v) is 5.56. The van der Waals surface area contributed by atoms with Crippen LogP contribution in [0.4, 0.5) is 0 Å². The van der Waals surface area contributed by atoms with Gasteiger partial charge in [0.2, 0.25) is 5.91 Å². The van der Waals surface area contributed by atoms with Crippen molar-refractivity contribution in [3.05, 3.63) is 36.4 Å². The number of para-hydroxylation sites is 1. The highest BCUT2D eigenvalue weighted by molar-refractivity contribution is 7.99. The minimum absolute atomic E-state index is 0.0430. The Hall–Kier alpha value is -1.64. The molecule has 8 heteroatoms. The average Bonchev–Trinajstić information content (AvgIpc) is 2.99. The van der Waals surface area contributed by atoms with Crippen LogP contribution in [0.3, 0.4) is 0 Å². The molecule has 2 heterocycles. The van der Waals surface area contributed by atoms with Crippen molar-refractivity contribution in [2.75, 3.05) is 37.5 Å². The molecule has 6 nitrogen and oxygen atoms in total. The lowest BCUT2D eigenvalue weighted by Gasteiger charge is -2.28. The zero-order valence-electron chi connectivity index (χ0n) is 14.6. The van der Waals surface area contributed by atoms with Crippen molar-refractivity contribution in [1.29, 1.82) is 0 Å². The number of carbonyl (C=O) groups excluding carboxylic acids is 1. The zero-order chi connectivity index (χ0) is 18.6. The monoisotopic (exact) mass is 394 g/mol. The summed E-state index contributed by atoms with van der Waals surface area (Å²) >= 11 is 1.37.